The van der Waals surface area contributed by atoms with Crippen LogP contribution in [0.25, 0.3) is 0 Å². The number of anilines is 1. The Morgan fingerprint density at radius 2 is 2.10 bits per heavy atom. The Labute approximate surface area is 114 Å². The normalized spacial score (nSPS) is 25.1. The summed E-state index contributed by atoms with van der Waals surface area (Å²) >= 11 is 0. The molecule has 1 aliphatic carbocycles. The van der Waals surface area contributed by atoms with Crippen LogP contribution in [0.3, 0.4) is 0 Å². The molecule has 1 aromatic rings. The number of nitro benzene ring substituents is 1. The number of benzene rings is 1. The minimum Gasteiger partial charge on any atom is -0.376 e. The van der Waals surface area contributed by atoms with Crippen LogP contribution < -0.4 is 11.1 Å². The minimum atomic E-state index is -1.02. The van der Waals surface area contributed by atoms with Crippen LogP contribution in [0, 0.1) is 21.7 Å². The second-order valence-electron chi connectivity index (χ2n) is 4.60. The summed E-state index contributed by atoms with van der Waals surface area (Å²) in [7, 11) is 0. The first-order valence-electron chi connectivity index (χ1n) is 6.21. The summed E-state index contributed by atoms with van der Waals surface area (Å²) in [4.78, 5) is 9.65. The molecule has 0 bridgehead atoms. The van der Waals surface area contributed by atoms with Crippen LogP contribution in [0.5, 0.6) is 0 Å². The Hall–Kier alpha value is -1.80. The van der Waals surface area contributed by atoms with Gasteiger partial charge >= 0.3 is 0 Å². The Balaban J connectivity index is 2.19. The molecule has 1 fully saturated rings. The lowest BCUT2D eigenvalue weighted by Gasteiger charge is -2.43. The molecular weight excluding hydrogens is 272 g/mol. The number of halogens is 2. The fraction of sp³-hybridized carbons (Fsp3) is 0.500. The van der Waals surface area contributed by atoms with Crippen LogP contribution in [0.4, 0.5) is 20.2 Å². The number of nitro groups is 1. The summed E-state index contributed by atoms with van der Waals surface area (Å²) in [6.07, 6.45) is 0.380. The van der Waals surface area contributed by atoms with Crippen molar-refractivity contribution in [3.8, 4) is 0 Å². The van der Waals surface area contributed by atoms with Gasteiger partial charge in [0.05, 0.1) is 29.2 Å². The van der Waals surface area contributed by atoms with E-state index in [9.17, 15) is 18.9 Å². The van der Waals surface area contributed by atoms with Crippen molar-refractivity contribution in [2.45, 2.75) is 31.5 Å². The molecule has 0 aromatic heterocycles. The summed E-state index contributed by atoms with van der Waals surface area (Å²) in [5.74, 6) is -2.04. The maximum atomic E-state index is 13.7. The highest BCUT2D eigenvalue weighted by Gasteiger charge is 2.40. The summed E-state index contributed by atoms with van der Waals surface area (Å²) in [5, 5.41) is 13.2. The van der Waals surface area contributed by atoms with Crippen LogP contribution in [0.1, 0.15) is 13.3 Å². The predicted octanol–water partition coefficient (Wildman–Crippen LogP) is 1.79. The Kier molecular flexibility index (Phi) is 4.15. The molecule has 0 spiro atoms. The van der Waals surface area contributed by atoms with Crippen molar-refractivity contribution in [3.63, 3.8) is 0 Å². The van der Waals surface area contributed by atoms with Crippen molar-refractivity contribution < 1.29 is 18.4 Å². The largest absolute Gasteiger partial charge is 0.376 e. The molecule has 0 aliphatic heterocycles. The lowest BCUT2D eigenvalue weighted by Crippen LogP contribution is -2.60. The van der Waals surface area contributed by atoms with E-state index in [1.807, 2.05) is 6.92 Å². The molecule has 20 heavy (non-hydrogen) atoms. The van der Waals surface area contributed by atoms with E-state index in [1.165, 1.54) is 0 Å². The molecule has 3 atom stereocenters. The van der Waals surface area contributed by atoms with Crippen molar-refractivity contribution in [3.05, 3.63) is 33.9 Å². The molecule has 0 heterocycles. The van der Waals surface area contributed by atoms with Gasteiger partial charge < -0.3 is 15.8 Å². The molecule has 3 unspecified atom stereocenters. The molecule has 1 aliphatic rings. The molecule has 110 valence electrons. The van der Waals surface area contributed by atoms with Gasteiger partial charge in [-0.15, -0.1) is 0 Å². The van der Waals surface area contributed by atoms with Crippen LogP contribution in [0.2, 0.25) is 0 Å². The maximum Gasteiger partial charge on any atom is 0.275 e. The Morgan fingerprint density at radius 3 is 2.55 bits per heavy atom. The van der Waals surface area contributed by atoms with Gasteiger partial charge in [-0.1, -0.05) is 0 Å². The van der Waals surface area contributed by atoms with E-state index in [1.54, 1.807) is 0 Å². The molecule has 0 amide bonds. The number of nitrogens with two attached hydrogens (primary N) is 1. The van der Waals surface area contributed by atoms with Crippen LogP contribution in [-0.4, -0.2) is 29.7 Å². The van der Waals surface area contributed by atoms with E-state index in [4.69, 9.17) is 10.5 Å². The zero-order valence-corrected chi connectivity index (χ0v) is 10.8. The second-order valence-corrected chi connectivity index (χ2v) is 4.60. The number of hydrogen-bond donors (Lipinski definition) is 2. The number of rotatable bonds is 5. The average Bonchev–Trinajstić information content (AvgIpc) is 2.37. The number of nitrogens with one attached hydrogen (secondary N) is 1. The summed E-state index contributed by atoms with van der Waals surface area (Å²) in [6.45, 7) is 2.29. The highest BCUT2D eigenvalue weighted by atomic mass is 19.1. The zero-order chi connectivity index (χ0) is 14.9. The third-order valence-corrected chi connectivity index (χ3v) is 3.30. The van der Waals surface area contributed by atoms with Gasteiger partial charge in [0, 0.05) is 12.6 Å². The summed E-state index contributed by atoms with van der Waals surface area (Å²) < 4.78 is 32.9. The van der Waals surface area contributed by atoms with E-state index in [2.05, 4.69) is 5.32 Å². The van der Waals surface area contributed by atoms with Crippen LogP contribution in [-0.2, 0) is 4.74 Å². The van der Waals surface area contributed by atoms with Crippen molar-refractivity contribution >= 4 is 11.4 Å². The maximum absolute atomic E-state index is 13.7. The van der Waals surface area contributed by atoms with Gasteiger partial charge in [-0.05, 0) is 13.3 Å². The number of hydrogen-bond acceptors (Lipinski definition) is 5. The van der Waals surface area contributed by atoms with Crippen molar-refractivity contribution in [1.29, 1.82) is 0 Å². The van der Waals surface area contributed by atoms with Gasteiger partial charge in [0.2, 0.25) is 0 Å². The molecule has 3 N–H and O–H groups in total. The van der Waals surface area contributed by atoms with Crippen molar-refractivity contribution in [2.75, 3.05) is 11.9 Å². The summed E-state index contributed by atoms with van der Waals surface area (Å²) in [5.41, 5.74) is 4.72. The van der Waals surface area contributed by atoms with Crippen molar-refractivity contribution in [1.82, 2.24) is 0 Å². The number of ether oxygens (including phenoxy) is 1. The van der Waals surface area contributed by atoms with Crippen molar-refractivity contribution in [2.24, 2.45) is 5.73 Å². The van der Waals surface area contributed by atoms with Crippen LogP contribution >= 0.6 is 0 Å². The first-order valence-corrected chi connectivity index (χ1v) is 6.21. The first-order chi connectivity index (χ1) is 9.43. The SMILES string of the molecule is CCOC1CC(N)C1Nc1c(F)cc([N+](=O)[O-])cc1F. The fourth-order valence-electron chi connectivity index (χ4n) is 2.20. The Morgan fingerprint density at radius 1 is 1.50 bits per heavy atom. The quantitative estimate of drug-likeness (QED) is 0.636. The number of nitrogens with zero attached hydrogens (tertiary/aromatic N) is 1. The van der Waals surface area contributed by atoms with E-state index in [0.717, 1.165) is 0 Å². The van der Waals surface area contributed by atoms with E-state index < -0.39 is 34.0 Å². The van der Waals surface area contributed by atoms with Gasteiger partial charge in [-0.25, -0.2) is 8.78 Å². The topological polar surface area (TPSA) is 90.4 Å². The van der Waals surface area contributed by atoms with Gasteiger partial charge in [0.1, 0.15) is 5.69 Å². The molecule has 6 nitrogen and oxygen atoms in total. The molecule has 0 radical (unpaired) electrons. The number of non-ortho nitro benzene ring substituents is 1. The highest BCUT2D eigenvalue weighted by molar-refractivity contribution is 5.53. The van der Waals surface area contributed by atoms with E-state index in [-0.39, 0.29) is 12.1 Å². The third-order valence-electron chi connectivity index (χ3n) is 3.30. The zero-order valence-electron chi connectivity index (χ0n) is 10.8. The molecule has 2 rings (SSSR count). The highest BCUT2D eigenvalue weighted by Crippen LogP contribution is 2.30. The fourth-order valence-corrected chi connectivity index (χ4v) is 2.20. The average molecular weight is 287 g/mol. The summed E-state index contributed by atoms with van der Waals surface area (Å²) in [6, 6.07) is 0.650. The molecule has 0 saturated heterocycles. The van der Waals surface area contributed by atoms with Crippen LogP contribution in [0.15, 0.2) is 12.1 Å². The van der Waals surface area contributed by atoms with Gasteiger partial charge in [0.15, 0.2) is 11.6 Å². The van der Waals surface area contributed by atoms with Gasteiger partial charge in [-0.3, -0.25) is 10.1 Å². The lowest BCUT2D eigenvalue weighted by atomic mass is 9.83. The second kappa shape index (κ2) is 5.68. The monoisotopic (exact) mass is 287 g/mol. The predicted molar refractivity (Wildman–Crippen MR) is 68.4 cm³/mol. The Bertz CT molecular complexity index is 502. The van der Waals surface area contributed by atoms with E-state index >= 15 is 0 Å². The molecule has 1 saturated carbocycles. The standard InChI is InChI=1S/C12H15F2N3O3/c1-2-20-10-5-9(15)12(10)16-11-7(13)3-6(17(18)19)4-8(11)14/h3-4,9-10,12,16H,2,5,15H2,1H3. The third kappa shape index (κ3) is 2.70. The first kappa shape index (κ1) is 14.6. The molecule has 1 aromatic carbocycles. The lowest BCUT2D eigenvalue weighted by molar-refractivity contribution is -0.385. The van der Waals surface area contributed by atoms with Gasteiger partial charge in [0.25, 0.3) is 5.69 Å². The molecular formula is C12H15F2N3O3. The molecule has 8 heteroatoms. The van der Waals surface area contributed by atoms with Gasteiger partial charge in [-0.2, -0.15) is 0 Å². The minimum absolute atomic E-state index is 0.219. The van der Waals surface area contributed by atoms with E-state index in [0.29, 0.717) is 25.2 Å². The smallest absolute Gasteiger partial charge is 0.275 e.